The number of anilines is 1. The topological polar surface area (TPSA) is 178 Å². The van der Waals surface area contributed by atoms with Crippen LogP contribution in [0.4, 0.5) is 5.13 Å². The van der Waals surface area contributed by atoms with Crippen LogP contribution in [0.2, 0.25) is 0 Å². The summed E-state index contributed by atoms with van der Waals surface area (Å²) in [5, 5.41) is 21.5. The second-order valence-corrected chi connectivity index (χ2v) is 5.44. The molecule has 94 valence electrons. The van der Waals surface area contributed by atoms with Gasteiger partial charge in [-0.3, -0.25) is 10.1 Å². The van der Waals surface area contributed by atoms with E-state index in [1.165, 1.54) is 0 Å². The molecule has 6 N–H and O–H groups in total. The lowest BCUT2D eigenvalue weighted by Gasteiger charge is -2.04. The number of rotatable bonds is 4. The van der Waals surface area contributed by atoms with Gasteiger partial charge in [0, 0.05) is 0 Å². The normalized spacial score (nSPS) is 13.1. The van der Waals surface area contributed by atoms with Gasteiger partial charge in [0.05, 0.1) is 0 Å². The van der Waals surface area contributed by atoms with Crippen molar-refractivity contribution in [3.63, 3.8) is 0 Å². The number of carbonyl (C=O) groups is 2. The monoisotopic (exact) mass is 281 g/mol. The van der Waals surface area contributed by atoms with Crippen LogP contribution in [0.3, 0.4) is 0 Å². The van der Waals surface area contributed by atoms with Crippen LogP contribution in [0.5, 0.6) is 0 Å². The number of carboxylic acid groups (broad SMARTS) is 1. The van der Waals surface area contributed by atoms with Crippen molar-refractivity contribution >= 4 is 38.4 Å². The van der Waals surface area contributed by atoms with Gasteiger partial charge in [-0.1, -0.05) is 11.3 Å². The predicted molar refractivity (Wildman–Crippen MR) is 55.5 cm³/mol. The van der Waals surface area contributed by atoms with Crippen molar-refractivity contribution in [3.05, 3.63) is 0 Å². The lowest BCUT2D eigenvalue weighted by Crippen LogP contribution is -2.42. The molecule has 0 aliphatic rings. The van der Waals surface area contributed by atoms with Gasteiger partial charge in [-0.2, -0.15) is 0 Å². The van der Waals surface area contributed by atoms with E-state index in [-0.39, 0.29) is 5.13 Å². The molecule has 1 unspecified atom stereocenters. The van der Waals surface area contributed by atoms with Gasteiger partial charge in [0.1, 0.15) is 0 Å². The van der Waals surface area contributed by atoms with Gasteiger partial charge in [0.2, 0.25) is 9.47 Å². The quantitative estimate of drug-likeness (QED) is 0.346. The Morgan fingerprint density at radius 2 is 2.00 bits per heavy atom. The maximum absolute atomic E-state index is 11.2. The van der Waals surface area contributed by atoms with E-state index in [9.17, 15) is 18.0 Å². The molecule has 0 aliphatic carbocycles. The number of aliphatic carboxylic acids is 1. The Balaban J connectivity index is 2.81. The van der Waals surface area contributed by atoms with Crippen LogP contribution in [0.15, 0.2) is 4.34 Å². The second kappa shape index (κ2) is 4.70. The van der Waals surface area contributed by atoms with Gasteiger partial charge in [0.25, 0.3) is 15.9 Å². The smallest absolute Gasteiger partial charge is 0.330 e. The number of hydrogen-bond acceptors (Lipinski definition) is 8. The van der Waals surface area contributed by atoms with Crippen LogP contribution < -0.4 is 16.2 Å². The van der Waals surface area contributed by atoms with Crippen molar-refractivity contribution in [1.82, 2.24) is 10.2 Å². The molecule has 1 atom stereocenters. The highest BCUT2D eigenvalue weighted by Gasteiger charge is 2.23. The average molecular weight is 281 g/mol. The Hall–Kier alpha value is -1.63. The molecule has 1 amide bonds. The highest BCUT2D eigenvalue weighted by Crippen LogP contribution is 2.18. The fraction of sp³-hybridized carbons (Fsp3) is 0.200. The molecular formula is C5H7N5O5S2. The molecule has 0 spiro atoms. The van der Waals surface area contributed by atoms with E-state index in [1.54, 1.807) is 0 Å². The van der Waals surface area contributed by atoms with Crippen molar-refractivity contribution in [3.8, 4) is 0 Å². The third-order valence-electron chi connectivity index (χ3n) is 1.43. The Labute approximate surface area is 98.7 Å². The largest absolute Gasteiger partial charge is 0.480 e. The minimum Gasteiger partial charge on any atom is -0.480 e. The molecule has 17 heavy (non-hydrogen) atoms. The third kappa shape index (κ3) is 3.42. The minimum atomic E-state index is -4.01. The maximum atomic E-state index is 11.2. The third-order valence-corrected chi connectivity index (χ3v) is 3.58. The van der Waals surface area contributed by atoms with Crippen molar-refractivity contribution in [2.75, 3.05) is 5.32 Å². The zero-order valence-corrected chi connectivity index (χ0v) is 9.66. The molecule has 0 bridgehead atoms. The Bertz CT molecular complexity index is 551. The summed E-state index contributed by atoms with van der Waals surface area (Å²) in [5.41, 5.74) is 5.00. The zero-order valence-electron chi connectivity index (χ0n) is 8.02. The van der Waals surface area contributed by atoms with Crippen molar-refractivity contribution in [1.29, 1.82) is 0 Å². The molecule has 0 fully saturated rings. The number of nitrogens with zero attached hydrogens (tertiary/aromatic N) is 2. The van der Waals surface area contributed by atoms with Crippen LogP contribution in [0, 0.1) is 0 Å². The summed E-state index contributed by atoms with van der Waals surface area (Å²) in [6.07, 6.45) is 0. The average Bonchev–Trinajstić information content (AvgIpc) is 2.64. The number of hydrogen-bond donors (Lipinski definition) is 4. The summed E-state index contributed by atoms with van der Waals surface area (Å²) in [7, 11) is -4.01. The summed E-state index contributed by atoms with van der Waals surface area (Å²) in [4.78, 5) is 21.5. The first-order chi connectivity index (χ1) is 7.71. The van der Waals surface area contributed by atoms with E-state index < -0.39 is 32.3 Å². The number of sulfonamides is 1. The number of carbonyl (C=O) groups excluding carboxylic acids is 1. The maximum Gasteiger partial charge on any atom is 0.330 e. The van der Waals surface area contributed by atoms with E-state index in [0.717, 1.165) is 0 Å². The van der Waals surface area contributed by atoms with E-state index >= 15 is 0 Å². The first kappa shape index (κ1) is 13.4. The number of carboxylic acids is 1. The molecule has 0 aromatic carbocycles. The number of aromatic nitrogens is 2. The summed E-state index contributed by atoms with van der Waals surface area (Å²) < 4.78 is 21.2. The number of primary sulfonamides is 1. The molecule has 1 aromatic rings. The van der Waals surface area contributed by atoms with Crippen molar-refractivity contribution < 1.29 is 23.1 Å². The Morgan fingerprint density at radius 1 is 1.41 bits per heavy atom. The highest BCUT2D eigenvalue weighted by molar-refractivity contribution is 7.91. The number of amides is 1. The molecule has 1 rings (SSSR count). The lowest BCUT2D eigenvalue weighted by atomic mass is 10.3. The van der Waals surface area contributed by atoms with Crippen LogP contribution in [0.1, 0.15) is 0 Å². The van der Waals surface area contributed by atoms with E-state index in [1.807, 2.05) is 5.32 Å². The van der Waals surface area contributed by atoms with Gasteiger partial charge in [-0.15, -0.1) is 10.2 Å². The van der Waals surface area contributed by atoms with Gasteiger partial charge in [-0.25, -0.2) is 18.4 Å². The summed E-state index contributed by atoms with van der Waals surface area (Å²) in [6, 6.07) is -1.78. The molecule has 10 nitrogen and oxygen atoms in total. The molecule has 0 aliphatic heterocycles. The van der Waals surface area contributed by atoms with Gasteiger partial charge >= 0.3 is 5.97 Å². The molecule has 0 saturated heterocycles. The summed E-state index contributed by atoms with van der Waals surface area (Å²) in [5.74, 6) is -2.58. The van der Waals surface area contributed by atoms with Crippen molar-refractivity contribution in [2.24, 2.45) is 10.9 Å². The fourth-order valence-electron chi connectivity index (χ4n) is 0.671. The van der Waals surface area contributed by atoms with Gasteiger partial charge in [0.15, 0.2) is 6.04 Å². The molecule has 1 aromatic heterocycles. The Kier molecular flexibility index (Phi) is 3.72. The minimum absolute atomic E-state index is 0.212. The first-order valence-electron chi connectivity index (χ1n) is 3.87. The van der Waals surface area contributed by atoms with Crippen LogP contribution in [-0.2, 0) is 19.6 Å². The fourth-order valence-corrected chi connectivity index (χ4v) is 2.01. The SMILES string of the molecule is NC(C(=O)O)C(=O)Nc1nnc(S(N)(=O)=O)s1. The number of nitrogens with two attached hydrogens (primary N) is 2. The highest BCUT2D eigenvalue weighted by atomic mass is 32.2. The molecule has 0 radical (unpaired) electrons. The molecule has 1 heterocycles. The lowest BCUT2D eigenvalue weighted by molar-refractivity contribution is -0.141. The first-order valence-corrected chi connectivity index (χ1v) is 6.23. The Morgan fingerprint density at radius 3 is 2.41 bits per heavy atom. The van der Waals surface area contributed by atoms with Crippen molar-refractivity contribution in [2.45, 2.75) is 10.4 Å². The summed E-state index contributed by atoms with van der Waals surface area (Å²) in [6.45, 7) is 0. The van der Waals surface area contributed by atoms with E-state index in [4.69, 9.17) is 16.0 Å². The zero-order chi connectivity index (χ0) is 13.2. The van der Waals surface area contributed by atoms with Crippen LogP contribution in [0.25, 0.3) is 0 Å². The summed E-state index contributed by atoms with van der Waals surface area (Å²) >= 11 is 0.482. The standard InChI is InChI=1S/C5H7N5O5S2/c6-1(3(12)13)2(11)8-4-9-10-5(16-4)17(7,14)15/h1H,6H2,(H,12,13)(H2,7,14,15)(H,8,9,11). The predicted octanol–water partition coefficient (Wildman–Crippen LogP) is -2.46. The van der Waals surface area contributed by atoms with Crippen LogP contribution in [-0.4, -0.2) is 41.6 Å². The number of nitrogens with one attached hydrogen (secondary N) is 1. The molecule has 0 saturated carbocycles. The van der Waals surface area contributed by atoms with E-state index in [0.29, 0.717) is 11.3 Å². The van der Waals surface area contributed by atoms with E-state index in [2.05, 4.69) is 10.2 Å². The van der Waals surface area contributed by atoms with Crippen LogP contribution >= 0.6 is 11.3 Å². The second-order valence-electron chi connectivity index (χ2n) is 2.72. The molecular weight excluding hydrogens is 274 g/mol. The molecule has 12 heteroatoms. The van der Waals surface area contributed by atoms with Gasteiger partial charge in [-0.05, 0) is 0 Å². The van der Waals surface area contributed by atoms with Gasteiger partial charge < -0.3 is 10.8 Å².